The van der Waals surface area contributed by atoms with E-state index in [4.69, 9.17) is 33.8 Å². The van der Waals surface area contributed by atoms with E-state index in [0.717, 1.165) is 0 Å². The van der Waals surface area contributed by atoms with Crippen molar-refractivity contribution >= 4 is 39.2 Å². The van der Waals surface area contributed by atoms with E-state index < -0.39 is 26.2 Å². The van der Waals surface area contributed by atoms with Crippen molar-refractivity contribution in [3.05, 3.63) is 66.4 Å². The van der Waals surface area contributed by atoms with Gasteiger partial charge in [0.05, 0.1) is 27.7 Å². The third-order valence-corrected chi connectivity index (χ3v) is 7.83. The lowest BCUT2D eigenvalue weighted by molar-refractivity contribution is 0.0249. The minimum absolute atomic E-state index is 0.112. The van der Waals surface area contributed by atoms with Gasteiger partial charge in [0.25, 0.3) is 0 Å². The van der Waals surface area contributed by atoms with Crippen molar-refractivity contribution < 1.29 is 23.2 Å². The Morgan fingerprint density at radius 3 is 2.13 bits per heavy atom. The fourth-order valence-corrected chi connectivity index (χ4v) is 4.66. The van der Waals surface area contributed by atoms with E-state index >= 15 is 0 Å². The Morgan fingerprint density at radius 1 is 0.974 bits per heavy atom. The molecule has 14 heteroatoms. The molecule has 4 rings (SSSR count). The number of anilines is 1. The van der Waals surface area contributed by atoms with E-state index in [0.29, 0.717) is 22.5 Å². The first-order valence-corrected chi connectivity index (χ1v) is 12.9. The number of nitrogens with one attached hydrogen (secondary N) is 1. The van der Waals surface area contributed by atoms with Crippen LogP contribution in [0.25, 0.3) is 34.0 Å². The van der Waals surface area contributed by atoms with Crippen LogP contribution in [-0.4, -0.2) is 68.1 Å². The molecule has 4 aromatic rings. The second-order valence-corrected chi connectivity index (χ2v) is 11.5. The van der Waals surface area contributed by atoms with Gasteiger partial charge in [-0.3, -0.25) is 5.32 Å². The summed E-state index contributed by atoms with van der Waals surface area (Å²) in [7, 11) is 12.8. The van der Waals surface area contributed by atoms with Gasteiger partial charge in [0.1, 0.15) is 29.2 Å². The highest BCUT2D eigenvalue weighted by Gasteiger charge is 2.28. The number of rotatable bonds is 8. The zero-order valence-electron chi connectivity index (χ0n) is 20.5. The van der Waals surface area contributed by atoms with Crippen molar-refractivity contribution in [2.24, 2.45) is 0 Å². The molecule has 2 aromatic heterocycles. The summed E-state index contributed by atoms with van der Waals surface area (Å²) in [6.45, 7) is 3.25. The highest BCUT2D eigenvalue weighted by molar-refractivity contribution is 7.92. The van der Waals surface area contributed by atoms with Crippen LogP contribution in [0.3, 0.4) is 0 Å². The molecular weight excluding hydrogens is 503 g/mol. The third-order valence-electron chi connectivity index (χ3n) is 5.66. The standard InChI is InChI=1S/C24H22B3N5O5S/c1-13(2)38(35,36)17-9-5-15(6-10-17)19-12-29-22(28)21(30-19)20-11-18(31-37-20)14-3-7-16(8-4-14)23(25,33)32-24(26,27)34/h3-13,32-34H,1-2H3,(H2,28,29). The van der Waals surface area contributed by atoms with Crippen LogP contribution in [0.1, 0.15) is 19.4 Å². The highest BCUT2D eigenvalue weighted by atomic mass is 32.2. The molecule has 2 aromatic carbocycles. The van der Waals surface area contributed by atoms with Crippen molar-refractivity contribution in [2.75, 3.05) is 5.73 Å². The second kappa shape index (κ2) is 10.0. The van der Waals surface area contributed by atoms with E-state index in [1.54, 1.807) is 44.2 Å². The van der Waals surface area contributed by atoms with E-state index in [9.17, 15) is 18.6 Å². The van der Waals surface area contributed by atoms with Crippen LogP contribution in [0.5, 0.6) is 0 Å². The minimum Gasteiger partial charge on any atom is -0.395 e. The fraction of sp³-hybridized carbons (Fsp3) is 0.208. The second-order valence-electron chi connectivity index (χ2n) is 8.98. The molecule has 0 amide bonds. The summed E-state index contributed by atoms with van der Waals surface area (Å²) < 4.78 is 30.3. The first kappa shape index (κ1) is 27.6. The van der Waals surface area contributed by atoms with Crippen LogP contribution in [0, 0.1) is 0 Å². The Labute approximate surface area is 223 Å². The molecule has 0 saturated carbocycles. The number of nitrogens with two attached hydrogens (primary N) is 1. The van der Waals surface area contributed by atoms with Crippen LogP contribution in [-0.2, 0) is 15.5 Å². The Morgan fingerprint density at radius 2 is 1.55 bits per heavy atom. The molecule has 1 unspecified atom stereocenters. The van der Waals surface area contributed by atoms with Crippen LogP contribution in [0.2, 0.25) is 0 Å². The molecule has 0 bridgehead atoms. The van der Waals surface area contributed by atoms with E-state index in [1.807, 2.05) is 0 Å². The van der Waals surface area contributed by atoms with Crippen LogP contribution >= 0.6 is 0 Å². The Bertz CT molecular complexity index is 1550. The van der Waals surface area contributed by atoms with Gasteiger partial charge in [-0.2, -0.15) is 0 Å². The van der Waals surface area contributed by atoms with Crippen molar-refractivity contribution in [3.63, 3.8) is 0 Å². The normalized spacial score (nSPS) is 13.9. The smallest absolute Gasteiger partial charge is 0.189 e. The maximum absolute atomic E-state index is 12.4. The molecule has 38 heavy (non-hydrogen) atoms. The molecule has 6 radical (unpaired) electrons. The number of nitrogens with zero attached hydrogens (tertiary/aromatic N) is 3. The summed E-state index contributed by atoms with van der Waals surface area (Å²) in [6, 6.07) is 14.2. The SMILES string of the molecule is [B]C([B])(O)NC([B])(O)c1ccc(-c2cc(-c3nc(-c4ccc(S(=O)(=O)C(C)C)cc4)cnc3N)on2)cc1. The Hall–Kier alpha value is -3.45. The van der Waals surface area contributed by atoms with Gasteiger partial charge >= 0.3 is 0 Å². The summed E-state index contributed by atoms with van der Waals surface area (Å²) in [5.74, 6) is 0.365. The first-order chi connectivity index (χ1) is 17.7. The van der Waals surface area contributed by atoms with Gasteiger partial charge in [-0.05, 0) is 31.5 Å². The molecule has 0 fully saturated rings. The van der Waals surface area contributed by atoms with Gasteiger partial charge in [0.15, 0.2) is 27.1 Å². The van der Waals surface area contributed by atoms with Gasteiger partial charge < -0.3 is 20.5 Å². The zero-order valence-corrected chi connectivity index (χ0v) is 21.3. The quantitative estimate of drug-likeness (QED) is 0.193. The number of benzene rings is 2. The summed E-state index contributed by atoms with van der Waals surface area (Å²) in [4.78, 5) is 8.97. The van der Waals surface area contributed by atoms with E-state index in [1.165, 1.54) is 30.5 Å². The van der Waals surface area contributed by atoms with E-state index in [2.05, 4.69) is 20.4 Å². The molecule has 0 aliphatic rings. The van der Waals surface area contributed by atoms with Gasteiger partial charge in [-0.25, -0.2) is 18.4 Å². The van der Waals surface area contributed by atoms with Crippen molar-refractivity contribution in [2.45, 2.75) is 35.1 Å². The molecule has 0 spiro atoms. The molecule has 188 valence electrons. The maximum Gasteiger partial charge on any atom is 0.189 e. The van der Waals surface area contributed by atoms with Crippen molar-refractivity contribution in [1.82, 2.24) is 20.4 Å². The maximum atomic E-state index is 12.4. The molecule has 10 nitrogen and oxygen atoms in total. The minimum atomic E-state index is -3.40. The average molecular weight is 525 g/mol. The van der Waals surface area contributed by atoms with Gasteiger partial charge in [0.2, 0.25) is 0 Å². The summed E-state index contributed by atoms with van der Waals surface area (Å²) >= 11 is 0. The first-order valence-electron chi connectivity index (χ1n) is 11.3. The fourth-order valence-electron chi connectivity index (χ4n) is 3.60. The molecule has 0 saturated heterocycles. The average Bonchev–Trinajstić information content (AvgIpc) is 3.33. The summed E-state index contributed by atoms with van der Waals surface area (Å²) in [6.07, 6.45) is 1.48. The highest BCUT2D eigenvalue weighted by Crippen LogP contribution is 2.31. The molecule has 0 aliphatic carbocycles. The Balaban J connectivity index is 1.60. The van der Waals surface area contributed by atoms with Crippen molar-refractivity contribution in [1.29, 1.82) is 0 Å². The molecular formula is C24H22B3N5O5S. The van der Waals surface area contributed by atoms with Gasteiger partial charge in [-0.15, -0.1) is 0 Å². The number of sulfone groups is 1. The molecule has 2 heterocycles. The number of hydrogen-bond acceptors (Lipinski definition) is 10. The predicted molar refractivity (Wildman–Crippen MR) is 144 cm³/mol. The largest absolute Gasteiger partial charge is 0.395 e. The van der Waals surface area contributed by atoms with Crippen LogP contribution in [0.4, 0.5) is 5.82 Å². The number of aliphatic hydroxyl groups is 2. The Kier molecular flexibility index (Phi) is 7.28. The van der Waals surface area contributed by atoms with Gasteiger partial charge in [-0.1, -0.05) is 41.6 Å². The monoisotopic (exact) mass is 525 g/mol. The number of nitrogen functional groups attached to an aromatic ring is 1. The lowest BCUT2D eigenvalue weighted by atomic mass is 9.70. The number of hydrogen-bond donors (Lipinski definition) is 4. The topological polar surface area (TPSA) is 164 Å². The van der Waals surface area contributed by atoms with Crippen LogP contribution in [0.15, 0.2) is 70.2 Å². The van der Waals surface area contributed by atoms with Crippen LogP contribution < -0.4 is 11.1 Å². The van der Waals surface area contributed by atoms with E-state index in [-0.39, 0.29) is 27.7 Å². The summed E-state index contributed by atoms with van der Waals surface area (Å²) in [5, 5.41) is 25.4. The predicted octanol–water partition coefficient (Wildman–Crippen LogP) is 1.03. The summed E-state index contributed by atoms with van der Waals surface area (Å²) in [5.41, 5.74) is 4.02. The lowest BCUT2D eigenvalue weighted by Gasteiger charge is -2.34. The lowest BCUT2D eigenvalue weighted by Crippen LogP contribution is -2.57. The van der Waals surface area contributed by atoms with Gasteiger partial charge in [0, 0.05) is 22.7 Å². The number of aromatic nitrogens is 3. The molecule has 0 aliphatic heterocycles. The van der Waals surface area contributed by atoms with Crippen molar-refractivity contribution in [3.8, 4) is 34.0 Å². The zero-order chi connectivity index (χ0) is 27.9. The molecule has 5 N–H and O–H groups in total. The molecule has 1 atom stereocenters. The third kappa shape index (κ3) is 5.83.